The largest absolute Gasteiger partial charge is 0.444 e. The first kappa shape index (κ1) is 18.5. The van der Waals surface area contributed by atoms with Crippen molar-refractivity contribution in [1.82, 2.24) is 0 Å². The highest BCUT2D eigenvalue weighted by atomic mass is 32.2. The second-order valence-electron chi connectivity index (χ2n) is 6.04. The zero-order valence-corrected chi connectivity index (χ0v) is 15.1. The van der Waals surface area contributed by atoms with Crippen molar-refractivity contribution < 1.29 is 19.1 Å². The van der Waals surface area contributed by atoms with Crippen LogP contribution in [0.25, 0.3) is 0 Å². The molecule has 0 spiro atoms. The fourth-order valence-electron chi connectivity index (χ4n) is 2.81. The minimum Gasteiger partial charge on any atom is -0.444 e. The number of esters is 1. The van der Waals surface area contributed by atoms with Gasteiger partial charge in [-0.2, -0.15) is 0 Å². The second-order valence-corrected chi connectivity index (χ2v) is 7.10. The first-order valence-corrected chi connectivity index (χ1v) is 9.52. The Morgan fingerprint density at radius 2 is 1.88 bits per heavy atom. The molecule has 0 bridgehead atoms. The van der Waals surface area contributed by atoms with Crippen LogP contribution in [0.4, 0.5) is 0 Å². The molecular formula is C20H21NO4S. The van der Waals surface area contributed by atoms with Crippen molar-refractivity contribution in [2.45, 2.75) is 29.9 Å². The number of thioether (sulfide) groups is 1. The third-order valence-corrected chi connectivity index (χ3v) is 5.35. The first-order chi connectivity index (χ1) is 12.6. The Labute approximate surface area is 156 Å². The molecule has 1 fully saturated rings. The summed E-state index contributed by atoms with van der Waals surface area (Å²) in [5.74, 6) is -0.482. The smallest absolute Gasteiger partial charge is 0.340 e. The van der Waals surface area contributed by atoms with E-state index in [9.17, 15) is 9.59 Å². The lowest BCUT2D eigenvalue weighted by molar-refractivity contribution is -0.127. The highest BCUT2D eigenvalue weighted by Gasteiger charge is 2.25. The van der Waals surface area contributed by atoms with Crippen molar-refractivity contribution in [2.24, 2.45) is 5.73 Å². The van der Waals surface area contributed by atoms with Gasteiger partial charge in [-0.05, 0) is 25.0 Å². The average molecular weight is 371 g/mol. The maximum atomic E-state index is 12.7. The molecule has 2 aromatic rings. The fourth-order valence-corrected chi connectivity index (χ4v) is 3.92. The third kappa shape index (κ3) is 4.65. The van der Waals surface area contributed by atoms with Gasteiger partial charge in [-0.3, -0.25) is 4.79 Å². The van der Waals surface area contributed by atoms with Crippen molar-refractivity contribution in [3.05, 3.63) is 65.7 Å². The zero-order valence-electron chi connectivity index (χ0n) is 14.3. The highest BCUT2D eigenvalue weighted by Crippen LogP contribution is 2.28. The van der Waals surface area contributed by atoms with E-state index in [0.29, 0.717) is 11.1 Å². The molecule has 5 nitrogen and oxygen atoms in total. The second kappa shape index (κ2) is 8.87. The molecule has 1 aliphatic heterocycles. The van der Waals surface area contributed by atoms with Gasteiger partial charge < -0.3 is 15.2 Å². The van der Waals surface area contributed by atoms with E-state index in [-0.39, 0.29) is 6.10 Å². The number of carbonyl (C=O) groups is 2. The molecule has 26 heavy (non-hydrogen) atoms. The number of benzene rings is 2. The molecule has 0 aromatic heterocycles. The van der Waals surface area contributed by atoms with Crippen LogP contribution >= 0.6 is 11.8 Å². The van der Waals surface area contributed by atoms with Crippen LogP contribution in [0.5, 0.6) is 0 Å². The summed E-state index contributed by atoms with van der Waals surface area (Å²) in [5, 5.41) is 0. The standard InChI is InChI=1S/C20H21NO4S/c21-19(22)18(14-7-2-1-3-8-14)25-20(23)16-10-4-5-11-17(16)26-13-15-9-6-12-24-15/h1-5,7-8,10-11,15,18H,6,9,12-13H2,(H2,21,22)/t15-,18-/m0/s1. The van der Waals surface area contributed by atoms with Crippen molar-refractivity contribution in [3.8, 4) is 0 Å². The number of hydrogen-bond donors (Lipinski definition) is 1. The first-order valence-electron chi connectivity index (χ1n) is 8.54. The van der Waals surface area contributed by atoms with Gasteiger partial charge in [0.2, 0.25) is 6.10 Å². The van der Waals surface area contributed by atoms with Crippen LogP contribution < -0.4 is 5.73 Å². The molecule has 2 atom stereocenters. The van der Waals surface area contributed by atoms with Gasteiger partial charge in [-0.15, -0.1) is 11.8 Å². The summed E-state index contributed by atoms with van der Waals surface area (Å²) in [6, 6.07) is 16.0. The summed E-state index contributed by atoms with van der Waals surface area (Å²) in [5.41, 5.74) is 6.42. The van der Waals surface area contributed by atoms with Gasteiger partial charge >= 0.3 is 5.97 Å². The van der Waals surface area contributed by atoms with E-state index in [0.717, 1.165) is 30.1 Å². The molecule has 1 amide bonds. The number of rotatable bonds is 7. The van der Waals surface area contributed by atoms with Crippen LogP contribution in [0.15, 0.2) is 59.5 Å². The normalized spacial score (nSPS) is 17.6. The van der Waals surface area contributed by atoms with Crippen molar-refractivity contribution >= 4 is 23.6 Å². The monoisotopic (exact) mass is 371 g/mol. The lowest BCUT2D eigenvalue weighted by Crippen LogP contribution is -2.26. The van der Waals surface area contributed by atoms with Crippen LogP contribution in [0.1, 0.15) is 34.9 Å². The van der Waals surface area contributed by atoms with E-state index in [2.05, 4.69) is 0 Å². The third-order valence-electron chi connectivity index (χ3n) is 4.14. The molecule has 2 aromatic carbocycles. The Morgan fingerprint density at radius 3 is 2.58 bits per heavy atom. The van der Waals surface area contributed by atoms with Gasteiger partial charge in [0.15, 0.2) is 0 Å². The quantitative estimate of drug-likeness (QED) is 0.596. The molecular weight excluding hydrogens is 350 g/mol. The number of primary amides is 1. The molecule has 136 valence electrons. The van der Waals surface area contributed by atoms with Crippen LogP contribution in [0.3, 0.4) is 0 Å². The van der Waals surface area contributed by atoms with Crippen molar-refractivity contribution in [1.29, 1.82) is 0 Å². The predicted octanol–water partition coefficient (Wildman–Crippen LogP) is 3.34. The van der Waals surface area contributed by atoms with Gasteiger partial charge in [-0.25, -0.2) is 4.79 Å². The fraction of sp³-hybridized carbons (Fsp3) is 0.300. The number of amides is 1. The average Bonchev–Trinajstić information content (AvgIpc) is 3.18. The summed E-state index contributed by atoms with van der Waals surface area (Å²) in [7, 11) is 0. The van der Waals surface area contributed by atoms with Crippen LogP contribution in [-0.2, 0) is 14.3 Å². The van der Waals surface area contributed by atoms with Crippen LogP contribution in [0, 0.1) is 0 Å². The summed E-state index contributed by atoms with van der Waals surface area (Å²) in [6.07, 6.45) is 1.22. The molecule has 0 saturated carbocycles. The molecule has 0 aliphatic carbocycles. The maximum Gasteiger partial charge on any atom is 0.340 e. The van der Waals surface area contributed by atoms with E-state index in [1.165, 1.54) is 0 Å². The van der Waals surface area contributed by atoms with Gasteiger partial charge in [-0.1, -0.05) is 42.5 Å². The van der Waals surface area contributed by atoms with Crippen molar-refractivity contribution in [3.63, 3.8) is 0 Å². The molecule has 6 heteroatoms. The molecule has 2 N–H and O–H groups in total. The van der Waals surface area contributed by atoms with E-state index in [1.807, 2.05) is 18.2 Å². The van der Waals surface area contributed by atoms with Gasteiger partial charge in [0.1, 0.15) is 0 Å². The lowest BCUT2D eigenvalue weighted by atomic mass is 10.1. The van der Waals surface area contributed by atoms with Crippen LogP contribution in [-0.4, -0.2) is 30.3 Å². The summed E-state index contributed by atoms with van der Waals surface area (Å²) in [4.78, 5) is 25.3. The number of nitrogens with two attached hydrogens (primary N) is 1. The van der Waals surface area contributed by atoms with E-state index in [1.54, 1.807) is 48.2 Å². The van der Waals surface area contributed by atoms with Gasteiger partial charge in [0.25, 0.3) is 5.91 Å². The predicted molar refractivity (Wildman–Crippen MR) is 99.9 cm³/mol. The van der Waals surface area contributed by atoms with E-state index < -0.39 is 18.0 Å². The summed E-state index contributed by atoms with van der Waals surface area (Å²) in [6.45, 7) is 0.798. The van der Waals surface area contributed by atoms with E-state index >= 15 is 0 Å². The summed E-state index contributed by atoms with van der Waals surface area (Å²) < 4.78 is 11.1. The number of ether oxygens (including phenoxy) is 2. The molecule has 1 saturated heterocycles. The van der Waals surface area contributed by atoms with Gasteiger partial charge in [0, 0.05) is 22.8 Å². The van der Waals surface area contributed by atoms with E-state index in [4.69, 9.17) is 15.2 Å². The molecule has 0 unspecified atom stereocenters. The topological polar surface area (TPSA) is 78.6 Å². The number of hydrogen-bond acceptors (Lipinski definition) is 5. The number of carbonyl (C=O) groups excluding carboxylic acids is 2. The molecule has 1 aliphatic rings. The maximum absolute atomic E-state index is 12.7. The Kier molecular flexibility index (Phi) is 6.30. The Morgan fingerprint density at radius 1 is 1.15 bits per heavy atom. The Balaban J connectivity index is 1.73. The zero-order chi connectivity index (χ0) is 18.4. The molecule has 0 radical (unpaired) electrons. The van der Waals surface area contributed by atoms with Crippen molar-refractivity contribution in [2.75, 3.05) is 12.4 Å². The van der Waals surface area contributed by atoms with Crippen LogP contribution in [0.2, 0.25) is 0 Å². The lowest BCUT2D eigenvalue weighted by Gasteiger charge is -2.17. The molecule has 3 rings (SSSR count). The SMILES string of the molecule is NC(=O)[C@@H](OC(=O)c1ccccc1SC[C@@H]1CCCO1)c1ccccc1. The minimum atomic E-state index is -1.11. The summed E-state index contributed by atoms with van der Waals surface area (Å²) >= 11 is 1.56. The van der Waals surface area contributed by atoms with Gasteiger partial charge in [0.05, 0.1) is 11.7 Å². The Bertz CT molecular complexity index is 759. The highest BCUT2D eigenvalue weighted by molar-refractivity contribution is 7.99. The minimum absolute atomic E-state index is 0.215. The molecule has 1 heterocycles. The Hall–Kier alpha value is -2.31.